The molecule has 0 unspecified atom stereocenters. The fourth-order valence-electron chi connectivity index (χ4n) is 4.20. The molecule has 30 heavy (non-hydrogen) atoms. The predicted octanol–water partition coefficient (Wildman–Crippen LogP) is 4.03. The van der Waals surface area contributed by atoms with Crippen molar-refractivity contribution in [1.82, 2.24) is 19.9 Å². The minimum absolute atomic E-state index is 0.326. The minimum atomic E-state index is -0.326. The van der Waals surface area contributed by atoms with E-state index >= 15 is 0 Å². The van der Waals surface area contributed by atoms with Gasteiger partial charge in [-0.3, -0.25) is 9.88 Å². The smallest absolute Gasteiger partial charge is 0.142 e. The van der Waals surface area contributed by atoms with Crippen molar-refractivity contribution in [2.45, 2.75) is 19.9 Å². The molecule has 3 heterocycles. The Morgan fingerprint density at radius 2 is 1.83 bits per heavy atom. The lowest BCUT2D eigenvalue weighted by Crippen LogP contribution is -2.48. The number of nitrogen functional groups attached to an aromatic ring is 1. The maximum atomic E-state index is 13.5. The Bertz CT molecular complexity index is 1220. The van der Waals surface area contributed by atoms with E-state index in [1.54, 1.807) is 12.3 Å². The van der Waals surface area contributed by atoms with Crippen LogP contribution in [-0.2, 0) is 0 Å². The number of piperazine rings is 1. The lowest BCUT2D eigenvalue weighted by molar-refractivity contribution is 0.209. The number of benzene rings is 2. The number of nitrogens with zero attached hydrogens (tertiary/aromatic N) is 4. The number of aromatic amines is 1. The number of aromatic nitrogens is 3. The molecule has 6 nitrogen and oxygen atoms in total. The van der Waals surface area contributed by atoms with Crippen LogP contribution in [0, 0.1) is 5.82 Å². The third-order valence-corrected chi connectivity index (χ3v) is 6.00. The molecular formula is C23H25FN6. The number of hydrogen-bond acceptors (Lipinski definition) is 5. The van der Waals surface area contributed by atoms with Crippen molar-refractivity contribution in [1.29, 1.82) is 0 Å². The number of nitrogens with one attached hydrogen (secondary N) is 1. The Morgan fingerprint density at radius 1 is 1.03 bits per heavy atom. The van der Waals surface area contributed by atoms with Crippen molar-refractivity contribution in [2.75, 3.05) is 36.8 Å². The number of halogens is 1. The van der Waals surface area contributed by atoms with E-state index in [-0.39, 0.29) is 5.82 Å². The van der Waals surface area contributed by atoms with Crippen LogP contribution in [0.25, 0.3) is 33.3 Å². The van der Waals surface area contributed by atoms with Gasteiger partial charge < -0.3 is 15.6 Å². The highest BCUT2D eigenvalue weighted by molar-refractivity contribution is 5.98. The van der Waals surface area contributed by atoms with Gasteiger partial charge in [0.15, 0.2) is 0 Å². The van der Waals surface area contributed by atoms with Gasteiger partial charge in [-0.25, -0.2) is 9.37 Å². The number of imidazole rings is 1. The second kappa shape index (κ2) is 7.25. The average Bonchev–Trinajstić information content (AvgIpc) is 3.17. The maximum Gasteiger partial charge on any atom is 0.142 e. The van der Waals surface area contributed by atoms with Crippen molar-refractivity contribution in [2.24, 2.45) is 0 Å². The highest BCUT2D eigenvalue weighted by Gasteiger charge is 2.20. The molecule has 1 aliphatic rings. The van der Waals surface area contributed by atoms with Gasteiger partial charge in [-0.1, -0.05) is 0 Å². The van der Waals surface area contributed by atoms with Crippen LogP contribution in [0.15, 0.2) is 42.6 Å². The van der Waals surface area contributed by atoms with Crippen LogP contribution in [0.1, 0.15) is 13.8 Å². The minimum Gasteiger partial charge on any atom is -0.398 e. The Kier molecular flexibility index (Phi) is 4.55. The van der Waals surface area contributed by atoms with Gasteiger partial charge in [0.05, 0.1) is 27.8 Å². The van der Waals surface area contributed by atoms with Crippen LogP contribution in [0.5, 0.6) is 0 Å². The van der Waals surface area contributed by atoms with E-state index in [1.165, 1.54) is 17.8 Å². The van der Waals surface area contributed by atoms with E-state index in [9.17, 15) is 4.39 Å². The number of hydrogen-bond donors (Lipinski definition) is 2. The molecule has 2 aromatic carbocycles. The molecule has 1 aliphatic heterocycles. The zero-order valence-electron chi connectivity index (χ0n) is 17.2. The SMILES string of the molecule is CC(C)N1CCN(c2ccc3nc(-c4cnc5cc(F)ccc5c4N)[nH]c3c2)CC1. The number of rotatable bonds is 3. The van der Waals surface area contributed by atoms with Crippen molar-refractivity contribution < 1.29 is 4.39 Å². The van der Waals surface area contributed by atoms with E-state index in [0.717, 1.165) is 48.2 Å². The Morgan fingerprint density at radius 3 is 2.60 bits per heavy atom. The van der Waals surface area contributed by atoms with Gasteiger partial charge in [0.25, 0.3) is 0 Å². The summed E-state index contributed by atoms with van der Waals surface area (Å²) >= 11 is 0. The van der Waals surface area contributed by atoms with Gasteiger partial charge in [0, 0.05) is 55.6 Å². The number of pyridine rings is 1. The predicted molar refractivity (Wildman–Crippen MR) is 120 cm³/mol. The Balaban J connectivity index is 1.47. The van der Waals surface area contributed by atoms with Gasteiger partial charge in [0.2, 0.25) is 0 Å². The van der Waals surface area contributed by atoms with E-state index in [2.05, 4.69) is 45.7 Å². The summed E-state index contributed by atoms with van der Waals surface area (Å²) in [6, 6.07) is 11.4. The maximum absolute atomic E-state index is 13.5. The lowest BCUT2D eigenvalue weighted by Gasteiger charge is -2.38. The standard InChI is InChI=1S/C23H25FN6/c1-14(2)29-7-9-30(10-8-29)16-4-6-19-21(12-16)28-23(27-19)18-13-26-20-11-15(24)3-5-17(20)22(18)25/h3-6,11-14H,7-10H2,1-2H3,(H2,25,26)(H,27,28). The fraction of sp³-hybridized carbons (Fsp3) is 0.304. The summed E-state index contributed by atoms with van der Waals surface area (Å²) in [5.74, 6) is 0.343. The molecule has 0 bridgehead atoms. The van der Waals surface area contributed by atoms with Crippen LogP contribution < -0.4 is 10.6 Å². The van der Waals surface area contributed by atoms with Gasteiger partial charge >= 0.3 is 0 Å². The Hall–Kier alpha value is -3.19. The molecule has 0 atom stereocenters. The summed E-state index contributed by atoms with van der Waals surface area (Å²) in [6.07, 6.45) is 1.65. The molecule has 7 heteroatoms. The van der Waals surface area contributed by atoms with Crippen molar-refractivity contribution in [3.63, 3.8) is 0 Å². The van der Waals surface area contributed by atoms with Crippen molar-refractivity contribution >= 4 is 33.3 Å². The third kappa shape index (κ3) is 3.25. The van der Waals surface area contributed by atoms with Gasteiger partial charge in [-0.2, -0.15) is 0 Å². The van der Waals surface area contributed by atoms with Crippen LogP contribution in [-0.4, -0.2) is 52.1 Å². The molecule has 3 N–H and O–H groups in total. The van der Waals surface area contributed by atoms with E-state index in [1.807, 2.05) is 6.07 Å². The average molecular weight is 404 g/mol. The monoisotopic (exact) mass is 404 g/mol. The second-order valence-corrected chi connectivity index (χ2v) is 8.15. The summed E-state index contributed by atoms with van der Waals surface area (Å²) in [5, 5.41) is 0.720. The number of nitrogens with two attached hydrogens (primary N) is 1. The molecule has 1 fully saturated rings. The van der Waals surface area contributed by atoms with Crippen LogP contribution >= 0.6 is 0 Å². The molecule has 2 aromatic heterocycles. The molecule has 4 aromatic rings. The first kappa shape index (κ1) is 18.8. The highest BCUT2D eigenvalue weighted by atomic mass is 19.1. The van der Waals surface area contributed by atoms with Crippen molar-refractivity contribution in [3.8, 4) is 11.4 Å². The first-order valence-corrected chi connectivity index (χ1v) is 10.3. The topological polar surface area (TPSA) is 74.1 Å². The molecule has 154 valence electrons. The Labute approximate surface area is 174 Å². The first-order chi connectivity index (χ1) is 14.5. The molecule has 0 radical (unpaired) electrons. The molecule has 5 rings (SSSR count). The largest absolute Gasteiger partial charge is 0.398 e. The van der Waals surface area contributed by atoms with E-state index in [0.29, 0.717) is 23.1 Å². The highest BCUT2D eigenvalue weighted by Crippen LogP contribution is 2.32. The number of fused-ring (bicyclic) bond motifs is 2. The lowest BCUT2D eigenvalue weighted by atomic mass is 10.1. The number of H-pyrrole nitrogens is 1. The molecule has 0 aliphatic carbocycles. The molecule has 1 saturated heterocycles. The number of anilines is 2. The molecular weight excluding hydrogens is 379 g/mol. The van der Waals surface area contributed by atoms with Gasteiger partial charge in [-0.15, -0.1) is 0 Å². The molecule has 0 saturated carbocycles. The van der Waals surface area contributed by atoms with Crippen molar-refractivity contribution in [3.05, 3.63) is 48.4 Å². The quantitative estimate of drug-likeness (QED) is 0.539. The van der Waals surface area contributed by atoms with Crippen LogP contribution in [0.4, 0.5) is 15.8 Å². The summed E-state index contributed by atoms with van der Waals surface area (Å²) < 4.78 is 13.5. The summed E-state index contributed by atoms with van der Waals surface area (Å²) in [6.45, 7) is 8.68. The zero-order valence-corrected chi connectivity index (χ0v) is 17.2. The van der Waals surface area contributed by atoms with Gasteiger partial charge in [-0.05, 0) is 44.2 Å². The summed E-state index contributed by atoms with van der Waals surface area (Å²) in [5.41, 5.74) is 11.2. The van der Waals surface area contributed by atoms with Crippen LogP contribution in [0.3, 0.4) is 0 Å². The zero-order chi connectivity index (χ0) is 20.8. The molecule has 0 spiro atoms. The molecule has 0 amide bonds. The van der Waals surface area contributed by atoms with E-state index < -0.39 is 0 Å². The van der Waals surface area contributed by atoms with E-state index in [4.69, 9.17) is 10.7 Å². The van der Waals surface area contributed by atoms with Crippen LogP contribution in [0.2, 0.25) is 0 Å². The fourth-order valence-corrected chi connectivity index (χ4v) is 4.20. The second-order valence-electron chi connectivity index (χ2n) is 8.15. The first-order valence-electron chi connectivity index (χ1n) is 10.3. The third-order valence-electron chi connectivity index (χ3n) is 6.00. The summed E-state index contributed by atoms with van der Waals surface area (Å²) in [7, 11) is 0. The normalized spacial score (nSPS) is 15.5. The summed E-state index contributed by atoms with van der Waals surface area (Å²) in [4.78, 5) is 17.4. The van der Waals surface area contributed by atoms with Gasteiger partial charge in [0.1, 0.15) is 11.6 Å².